The molecule has 116 valence electrons. The number of piperazine rings is 1. The number of hydrogen-bond donors (Lipinski definition) is 2. The van der Waals surface area contributed by atoms with E-state index < -0.39 is 0 Å². The maximum atomic E-state index is 12.7. The van der Waals surface area contributed by atoms with Gasteiger partial charge in [0, 0.05) is 36.9 Å². The van der Waals surface area contributed by atoms with Crippen molar-refractivity contribution in [1.29, 1.82) is 0 Å². The zero-order valence-corrected chi connectivity index (χ0v) is 13.3. The van der Waals surface area contributed by atoms with E-state index in [-0.39, 0.29) is 11.8 Å². The number of likely N-dealkylation sites (N-methyl/N-ethyl adjacent to an activating group) is 1. The molecule has 0 spiro atoms. The van der Waals surface area contributed by atoms with Gasteiger partial charge in [0.05, 0.1) is 0 Å². The van der Waals surface area contributed by atoms with Crippen molar-refractivity contribution in [2.24, 2.45) is 5.84 Å². The number of hydrazine groups is 1. The standard InChI is InChI=1S/C15H25N5O/c1-10(2)13-7-12(8-14(17-13)18-16)15(21)20-6-5-19(4)11(3)9-20/h7-8,10-11H,5-6,9,16H2,1-4H3,(H,17,18). The SMILES string of the molecule is CC(C)c1cc(C(=O)N2CCN(C)C(C)C2)cc(NN)n1. The van der Waals surface area contributed by atoms with Crippen LogP contribution in [-0.4, -0.2) is 53.4 Å². The molecule has 2 heterocycles. The molecule has 6 nitrogen and oxygen atoms in total. The van der Waals surface area contributed by atoms with Crippen LogP contribution in [-0.2, 0) is 0 Å². The van der Waals surface area contributed by atoms with Crippen LogP contribution < -0.4 is 11.3 Å². The molecule has 3 N–H and O–H groups in total. The van der Waals surface area contributed by atoms with Gasteiger partial charge in [-0.05, 0) is 32.0 Å². The van der Waals surface area contributed by atoms with Gasteiger partial charge in [-0.2, -0.15) is 0 Å². The molecular weight excluding hydrogens is 266 g/mol. The van der Waals surface area contributed by atoms with Crippen molar-refractivity contribution in [3.63, 3.8) is 0 Å². The molecule has 6 heteroatoms. The molecule has 1 aromatic heterocycles. The fourth-order valence-corrected chi connectivity index (χ4v) is 2.46. The summed E-state index contributed by atoms with van der Waals surface area (Å²) in [5.41, 5.74) is 4.07. The zero-order chi connectivity index (χ0) is 15.6. The quantitative estimate of drug-likeness (QED) is 0.648. The maximum absolute atomic E-state index is 12.7. The third-order valence-electron chi connectivity index (χ3n) is 4.08. The Balaban J connectivity index is 2.24. The van der Waals surface area contributed by atoms with E-state index in [4.69, 9.17) is 5.84 Å². The van der Waals surface area contributed by atoms with Crippen molar-refractivity contribution >= 4 is 11.7 Å². The molecule has 1 atom stereocenters. The first-order chi connectivity index (χ1) is 9.92. The second kappa shape index (κ2) is 6.41. The molecule has 1 aromatic rings. The summed E-state index contributed by atoms with van der Waals surface area (Å²) >= 11 is 0. The first-order valence-corrected chi connectivity index (χ1v) is 7.40. The number of aromatic nitrogens is 1. The Morgan fingerprint density at radius 1 is 1.43 bits per heavy atom. The Bertz CT molecular complexity index is 517. The van der Waals surface area contributed by atoms with Crippen LogP contribution in [0.25, 0.3) is 0 Å². The van der Waals surface area contributed by atoms with Crippen LogP contribution in [0, 0.1) is 0 Å². The van der Waals surface area contributed by atoms with Crippen LogP contribution in [0.1, 0.15) is 42.7 Å². The molecule has 1 aliphatic rings. The summed E-state index contributed by atoms with van der Waals surface area (Å²) in [5.74, 6) is 6.29. The van der Waals surface area contributed by atoms with E-state index in [1.165, 1.54) is 0 Å². The largest absolute Gasteiger partial charge is 0.336 e. The molecule has 21 heavy (non-hydrogen) atoms. The Kier molecular flexibility index (Phi) is 4.80. The number of carbonyl (C=O) groups excluding carboxylic acids is 1. The monoisotopic (exact) mass is 291 g/mol. The number of rotatable bonds is 3. The highest BCUT2D eigenvalue weighted by Crippen LogP contribution is 2.19. The summed E-state index contributed by atoms with van der Waals surface area (Å²) in [6, 6.07) is 3.97. The van der Waals surface area contributed by atoms with E-state index in [1.54, 1.807) is 6.07 Å². The third-order valence-corrected chi connectivity index (χ3v) is 4.08. The topological polar surface area (TPSA) is 74.5 Å². The smallest absolute Gasteiger partial charge is 0.254 e. The van der Waals surface area contributed by atoms with Crippen molar-refractivity contribution in [2.45, 2.75) is 32.7 Å². The Morgan fingerprint density at radius 3 is 2.71 bits per heavy atom. The Hall–Kier alpha value is -1.66. The zero-order valence-electron chi connectivity index (χ0n) is 13.3. The number of anilines is 1. The highest BCUT2D eigenvalue weighted by atomic mass is 16.2. The number of nitrogen functional groups attached to an aromatic ring is 1. The number of amides is 1. The molecule has 0 radical (unpaired) electrons. The molecule has 2 rings (SSSR count). The number of nitrogens with zero attached hydrogens (tertiary/aromatic N) is 3. The molecule has 0 aliphatic carbocycles. The fourth-order valence-electron chi connectivity index (χ4n) is 2.46. The normalized spacial score (nSPS) is 19.9. The molecule has 1 saturated heterocycles. The first-order valence-electron chi connectivity index (χ1n) is 7.40. The molecule has 0 bridgehead atoms. The predicted octanol–water partition coefficient (Wildman–Crippen LogP) is 1.27. The van der Waals surface area contributed by atoms with Crippen LogP contribution in [0.3, 0.4) is 0 Å². The van der Waals surface area contributed by atoms with Crippen LogP contribution in [0.5, 0.6) is 0 Å². The van der Waals surface area contributed by atoms with Gasteiger partial charge < -0.3 is 15.2 Å². The van der Waals surface area contributed by atoms with Gasteiger partial charge in [-0.3, -0.25) is 4.79 Å². The predicted molar refractivity (Wildman–Crippen MR) is 84.1 cm³/mol. The lowest BCUT2D eigenvalue weighted by Crippen LogP contribution is -2.52. The van der Waals surface area contributed by atoms with Gasteiger partial charge in [-0.1, -0.05) is 13.8 Å². The van der Waals surface area contributed by atoms with Crippen LogP contribution in [0.4, 0.5) is 5.82 Å². The van der Waals surface area contributed by atoms with Crippen molar-refractivity contribution in [2.75, 3.05) is 32.1 Å². The minimum Gasteiger partial charge on any atom is -0.336 e. The van der Waals surface area contributed by atoms with Gasteiger partial charge in [0.15, 0.2) is 0 Å². The average molecular weight is 291 g/mol. The number of nitrogens with one attached hydrogen (secondary N) is 1. The summed E-state index contributed by atoms with van der Waals surface area (Å²) in [7, 11) is 2.09. The van der Waals surface area contributed by atoms with E-state index in [0.29, 0.717) is 17.4 Å². The van der Waals surface area contributed by atoms with Crippen LogP contribution in [0.2, 0.25) is 0 Å². The van der Waals surface area contributed by atoms with Crippen LogP contribution >= 0.6 is 0 Å². The van der Waals surface area contributed by atoms with Gasteiger partial charge in [-0.15, -0.1) is 0 Å². The number of pyridine rings is 1. The lowest BCUT2D eigenvalue weighted by Gasteiger charge is -2.37. The highest BCUT2D eigenvalue weighted by molar-refractivity contribution is 5.95. The van der Waals surface area contributed by atoms with Crippen molar-refractivity contribution in [1.82, 2.24) is 14.8 Å². The summed E-state index contributed by atoms with van der Waals surface area (Å²) in [6.07, 6.45) is 0. The van der Waals surface area contributed by atoms with E-state index in [0.717, 1.165) is 25.3 Å². The van der Waals surface area contributed by atoms with E-state index in [2.05, 4.69) is 43.1 Å². The van der Waals surface area contributed by atoms with E-state index in [1.807, 2.05) is 11.0 Å². The highest BCUT2D eigenvalue weighted by Gasteiger charge is 2.25. The van der Waals surface area contributed by atoms with Gasteiger partial charge in [0.25, 0.3) is 5.91 Å². The Labute approximate surface area is 126 Å². The molecule has 0 saturated carbocycles. The van der Waals surface area contributed by atoms with Crippen LogP contribution in [0.15, 0.2) is 12.1 Å². The van der Waals surface area contributed by atoms with Gasteiger partial charge in [0.1, 0.15) is 5.82 Å². The van der Waals surface area contributed by atoms with Crippen molar-refractivity contribution in [3.05, 3.63) is 23.4 Å². The molecule has 1 fully saturated rings. The Morgan fingerprint density at radius 2 is 2.14 bits per heavy atom. The fraction of sp³-hybridized carbons (Fsp3) is 0.600. The molecule has 1 unspecified atom stereocenters. The first kappa shape index (κ1) is 15.7. The molecular formula is C15H25N5O. The third kappa shape index (κ3) is 3.51. The maximum Gasteiger partial charge on any atom is 0.254 e. The van der Waals surface area contributed by atoms with Gasteiger partial charge in [0.2, 0.25) is 0 Å². The molecule has 1 aliphatic heterocycles. The second-order valence-corrected chi connectivity index (χ2v) is 6.05. The van der Waals surface area contributed by atoms with Crippen molar-refractivity contribution in [3.8, 4) is 0 Å². The second-order valence-electron chi connectivity index (χ2n) is 6.05. The molecule has 1 amide bonds. The average Bonchev–Trinajstić information content (AvgIpc) is 2.48. The van der Waals surface area contributed by atoms with Gasteiger partial charge in [-0.25, -0.2) is 10.8 Å². The van der Waals surface area contributed by atoms with Crippen molar-refractivity contribution < 1.29 is 4.79 Å². The lowest BCUT2D eigenvalue weighted by atomic mass is 10.1. The lowest BCUT2D eigenvalue weighted by molar-refractivity contribution is 0.0572. The minimum absolute atomic E-state index is 0.0516. The summed E-state index contributed by atoms with van der Waals surface area (Å²) in [6.45, 7) is 8.64. The summed E-state index contributed by atoms with van der Waals surface area (Å²) in [4.78, 5) is 21.3. The van der Waals surface area contributed by atoms with E-state index in [9.17, 15) is 4.79 Å². The minimum atomic E-state index is 0.0516. The number of nitrogens with two attached hydrogens (primary N) is 1. The molecule has 0 aromatic carbocycles. The van der Waals surface area contributed by atoms with Gasteiger partial charge >= 0.3 is 0 Å². The van der Waals surface area contributed by atoms with E-state index >= 15 is 0 Å². The summed E-state index contributed by atoms with van der Waals surface area (Å²) < 4.78 is 0. The number of carbonyl (C=O) groups is 1. The number of hydrogen-bond acceptors (Lipinski definition) is 5. The summed E-state index contributed by atoms with van der Waals surface area (Å²) in [5, 5.41) is 0.